The first-order chi connectivity index (χ1) is 19.9. The number of hydrogen-bond acceptors (Lipinski definition) is 9. The second-order valence-corrected chi connectivity index (χ2v) is 12.8. The number of nitrogens with one attached hydrogen (secondary N) is 2. The van der Waals surface area contributed by atoms with E-state index in [9.17, 15) is 18.3 Å². The lowest BCUT2D eigenvalue weighted by Crippen LogP contribution is -2.40. The van der Waals surface area contributed by atoms with Crippen LogP contribution in [0.1, 0.15) is 13.8 Å². The highest BCUT2D eigenvalue weighted by Gasteiger charge is 2.26. The summed E-state index contributed by atoms with van der Waals surface area (Å²) >= 11 is 8.25. The Hall–Kier alpha value is -3.75. The Balaban J connectivity index is 0.000000748. The van der Waals surface area contributed by atoms with E-state index >= 15 is 0 Å². The molecule has 3 aromatic heterocycles. The van der Waals surface area contributed by atoms with Crippen molar-refractivity contribution < 1.29 is 27.6 Å². The molecule has 0 fully saturated rings. The standard InChI is InChI=1S/C27H26ClN5O3S.CH4O3S/c1-27(2,15-34)26(35)29-10-12-33-11-8-20-24(33)25(31-16-30-20)32-17-6-7-22(19(28)14-17)36-21-4-3-5-23-18(21)9-13-37-23;1-5(2,3)4/h3-9,11,13-14,16,34H,10,12,15H2,1-2H3,(H,29,35)(H,30,31,32);1H3,(H,2,3,4). The van der Waals surface area contributed by atoms with Gasteiger partial charge < -0.3 is 25.0 Å². The summed E-state index contributed by atoms with van der Waals surface area (Å²) in [6.45, 7) is 4.10. The number of nitrogens with zero attached hydrogens (tertiary/aromatic N) is 3. The molecule has 0 radical (unpaired) electrons. The van der Waals surface area contributed by atoms with Crippen LogP contribution < -0.4 is 15.4 Å². The van der Waals surface area contributed by atoms with Crippen LogP contribution in [0.25, 0.3) is 21.1 Å². The molecule has 2 aromatic carbocycles. The van der Waals surface area contributed by atoms with Crippen LogP contribution in [0.15, 0.2) is 66.4 Å². The maximum absolute atomic E-state index is 12.3. The van der Waals surface area contributed by atoms with Crippen LogP contribution in [0.2, 0.25) is 5.02 Å². The van der Waals surface area contributed by atoms with Gasteiger partial charge in [0.2, 0.25) is 5.91 Å². The molecule has 5 aromatic rings. The topological polar surface area (TPSA) is 156 Å². The normalized spacial score (nSPS) is 11.7. The largest absolute Gasteiger partial charge is 0.455 e. The number of fused-ring (bicyclic) bond motifs is 2. The van der Waals surface area contributed by atoms with E-state index in [-0.39, 0.29) is 12.5 Å². The Bertz CT molecular complexity index is 1810. The molecule has 0 atom stereocenters. The Morgan fingerprint density at radius 1 is 1.14 bits per heavy atom. The summed E-state index contributed by atoms with van der Waals surface area (Å²) in [6, 6.07) is 15.4. The molecule has 3 heterocycles. The number of carbonyl (C=O) groups excluding carboxylic acids is 1. The zero-order valence-electron chi connectivity index (χ0n) is 23.0. The number of hydrogen-bond donors (Lipinski definition) is 4. The molecular weight excluding hydrogens is 602 g/mol. The SMILES string of the molecule is CC(C)(CO)C(=O)NCCn1ccc2ncnc(Nc3ccc(Oc4cccc5sccc45)c(Cl)c3)c21.CS(=O)(=O)O. The highest BCUT2D eigenvalue weighted by atomic mass is 35.5. The summed E-state index contributed by atoms with van der Waals surface area (Å²) in [5.74, 6) is 1.73. The maximum Gasteiger partial charge on any atom is 0.261 e. The second-order valence-electron chi connectivity index (χ2n) is 9.96. The molecule has 1 amide bonds. The molecule has 0 aliphatic heterocycles. The Morgan fingerprint density at radius 3 is 2.62 bits per heavy atom. The highest BCUT2D eigenvalue weighted by molar-refractivity contribution is 7.85. The minimum absolute atomic E-state index is 0.201. The number of thiophene rings is 1. The molecule has 0 aliphatic carbocycles. The van der Waals surface area contributed by atoms with E-state index in [1.165, 1.54) is 6.33 Å². The minimum atomic E-state index is -3.67. The molecule has 0 aliphatic rings. The van der Waals surface area contributed by atoms with Crippen molar-refractivity contribution in [3.05, 3.63) is 71.5 Å². The molecule has 4 N–H and O–H groups in total. The lowest BCUT2D eigenvalue weighted by atomic mass is 9.94. The van der Waals surface area contributed by atoms with Crippen LogP contribution in [0.4, 0.5) is 11.5 Å². The summed E-state index contributed by atoms with van der Waals surface area (Å²) in [6.07, 6.45) is 4.12. The fourth-order valence-electron chi connectivity index (χ4n) is 3.88. The van der Waals surface area contributed by atoms with Crippen LogP contribution in [-0.2, 0) is 21.5 Å². The van der Waals surface area contributed by atoms with Crippen molar-refractivity contribution >= 4 is 71.6 Å². The van der Waals surface area contributed by atoms with Gasteiger partial charge in [0.15, 0.2) is 5.82 Å². The molecule has 5 rings (SSSR count). The van der Waals surface area contributed by atoms with Gasteiger partial charge in [0, 0.05) is 35.1 Å². The molecule has 42 heavy (non-hydrogen) atoms. The van der Waals surface area contributed by atoms with E-state index in [1.807, 2.05) is 52.5 Å². The molecular formula is C28H30ClN5O6S2. The van der Waals surface area contributed by atoms with Gasteiger partial charge in [-0.25, -0.2) is 9.97 Å². The van der Waals surface area contributed by atoms with Crippen LogP contribution in [-0.4, -0.2) is 57.9 Å². The molecule has 0 spiro atoms. The number of carbonyl (C=O) groups is 1. The van der Waals surface area contributed by atoms with Crippen molar-refractivity contribution in [3.8, 4) is 11.5 Å². The average Bonchev–Trinajstić information content (AvgIpc) is 3.58. The van der Waals surface area contributed by atoms with E-state index < -0.39 is 15.5 Å². The summed E-state index contributed by atoms with van der Waals surface area (Å²) in [5, 5.41) is 19.2. The number of ether oxygens (including phenoxy) is 1. The smallest absolute Gasteiger partial charge is 0.261 e. The van der Waals surface area contributed by atoms with Crippen molar-refractivity contribution in [2.45, 2.75) is 20.4 Å². The number of benzene rings is 2. The van der Waals surface area contributed by atoms with Gasteiger partial charge in [-0.2, -0.15) is 8.42 Å². The van der Waals surface area contributed by atoms with Gasteiger partial charge in [0.25, 0.3) is 10.1 Å². The van der Waals surface area contributed by atoms with Crippen LogP contribution >= 0.6 is 22.9 Å². The van der Waals surface area contributed by atoms with Gasteiger partial charge in [0.1, 0.15) is 23.3 Å². The number of rotatable bonds is 9. The lowest BCUT2D eigenvalue weighted by Gasteiger charge is -2.20. The van der Waals surface area contributed by atoms with Gasteiger partial charge in [-0.05, 0) is 61.7 Å². The number of aliphatic hydroxyl groups is 1. The number of amides is 1. The predicted octanol–water partition coefficient (Wildman–Crippen LogP) is 5.47. The zero-order valence-corrected chi connectivity index (χ0v) is 25.4. The minimum Gasteiger partial charge on any atom is -0.455 e. The number of halogens is 1. The first kappa shape index (κ1) is 31.2. The Labute approximate surface area is 251 Å². The molecule has 11 nitrogen and oxygen atoms in total. The molecule has 0 saturated carbocycles. The molecule has 0 unspecified atom stereocenters. The zero-order chi connectivity index (χ0) is 30.5. The lowest BCUT2D eigenvalue weighted by molar-refractivity contribution is -0.131. The molecule has 14 heteroatoms. The van der Waals surface area contributed by atoms with Crippen molar-refractivity contribution in [1.29, 1.82) is 0 Å². The van der Waals surface area contributed by atoms with Crippen LogP contribution in [0, 0.1) is 5.41 Å². The highest BCUT2D eigenvalue weighted by Crippen LogP contribution is 2.37. The summed E-state index contributed by atoms with van der Waals surface area (Å²) < 4.78 is 35.1. The third kappa shape index (κ3) is 7.95. The molecule has 0 saturated heterocycles. The predicted molar refractivity (Wildman–Crippen MR) is 166 cm³/mol. The fourth-order valence-corrected chi connectivity index (χ4v) is 4.91. The van der Waals surface area contributed by atoms with E-state index in [1.54, 1.807) is 31.3 Å². The summed E-state index contributed by atoms with van der Waals surface area (Å²) in [5.41, 5.74) is 1.49. The Morgan fingerprint density at radius 2 is 1.90 bits per heavy atom. The summed E-state index contributed by atoms with van der Waals surface area (Å²) in [4.78, 5) is 21.1. The Kier molecular flexibility index (Phi) is 9.69. The van der Waals surface area contributed by atoms with Crippen LogP contribution in [0.5, 0.6) is 11.5 Å². The first-order valence-electron chi connectivity index (χ1n) is 12.7. The van der Waals surface area contributed by atoms with Crippen molar-refractivity contribution in [2.75, 3.05) is 24.7 Å². The van der Waals surface area contributed by atoms with Crippen molar-refractivity contribution in [3.63, 3.8) is 0 Å². The van der Waals surface area contributed by atoms with Gasteiger partial charge in [-0.3, -0.25) is 9.35 Å². The van der Waals surface area contributed by atoms with Gasteiger partial charge in [0.05, 0.1) is 28.8 Å². The van der Waals surface area contributed by atoms with Crippen molar-refractivity contribution in [2.24, 2.45) is 5.41 Å². The molecule has 0 bridgehead atoms. The first-order valence-corrected chi connectivity index (χ1v) is 15.8. The van der Waals surface area contributed by atoms with Gasteiger partial charge in [-0.1, -0.05) is 17.7 Å². The molecule has 222 valence electrons. The van der Waals surface area contributed by atoms with E-state index in [0.717, 1.165) is 32.6 Å². The third-order valence-electron chi connectivity index (χ3n) is 6.07. The fraction of sp³-hybridized carbons (Fsp3) is 0.250. The van der Waals surface area contributed by atoms with Gasteiger partial charge in [-0.15, -0.1) is 11.3 Å². The quantitative estimate of drug-likeness (QED) is 0.155. The third-order valence-corrected chi connectivity index (χ3v) is 7.25. The number of aliphatic hydroxyl groups excluding tert-OH is 1. The number of aromatic nitrogens is 3. The average molecular weight is 632 g/mol. The summed E-state index contributed by atoms with van der Waals surface area (Å²) in [7, 11) is -3.67. The second kappa shape index (κ2) is 13.0. The van der Waals surface area contributed by atoms with E-state index in [0.29, 0.717) is 35.9 Å². The van der Waals surface area contributed by atoms with Crippen LogP contribution in [0.3, 0.4) is 0 Å². The van der Waals surface area contributed by atoms with Gasteiger partial charge >= 0.3 is 0 Å². The number of anilines is 2. The monoisotopic (exact) mass is 631 g/mol. The van der Waals surface area contributed by atoms with Crippen molar-refractivity contribution in [1.82, 2.24) is 19.9 Å². The van der Waals surface area contributed by atoms with E-state index in [2.05, 4.69) is 26.7 Å². The maximum atomic E-state index is 12.3. The van der Waals surface area contributed by atoms with E-state index in [4.69, 9.17) is 20.9 Å².